The summed E-state index contributed by atoms with van der Waals surface area (Å²) in [4.78, 5) is 0. The van der Waals surface area contributed by atoms with Gasteiger partial charge >= 0.3 is 0 Å². The Labute approximate surface area is 834 Å². The SMILES string of the molecule is CC1(C)c2ccccc2-c2ccc(-c3cccc4c3sc3ccc(-c5cc(-c6ccc(-c7ccccc7)cc6)cc(-c6ccc7c(c6)c6cc(-c8ccccc8)ccc6n7-c6ccccc6)c5)cc34)cc21.CC1(C)c2ccccc2-c2ccc(-c3cccc4c3sc3ccc(-c5cc(-c6cccc(-c7ccccc7)c6)cc(-c6ccc7c(c6)c6cc(-c8ccccc8)ccc6n7-c6ccccc6)c5)cc34)cc21. The Hall–Kier alpha value is -17.1. The van der Waals surface area contributed by atoms with Crippen molar-refractivity contribution in [2.45, 2.75) is 38.5 Å². The van der Waals surface area contributed by atoms with E-state index in [2.05, 4.69) is 534 Å². The Morgan fingerprint density at radius 3 is 0.746 bits per heavy atom. The highest BCUT2D eigenvalue weighted by atomic mass is 32.1. The Kier molecular flexibility index (Phi) is 20.1. The van der Waals surface area contributed by atoms with E-state index in [4.69, 9.17) is 0 Å². The lowest BCUT2D eigenvalue weighted by atomic mass is 9.81. The molecular weight excluding hydrogens is 1750 g/mol. The summed E-state index contributed by atoms with van der Waals surface area (Å²) in [5.74, 6) is 0. The normalized spacial score (nSPS) is 12.8. The molecule has 22 aromatic carbocycles. The van der Waals surface area contributed by atoms with Crippen LogP contribution in [0.2, 0.25) is 0 Å². The first kappa shape index (κ1) is 84.2. The third-order valence-corrected chi connectivity index (χ3v) is 32.8. The van der Waals surface area contributed by atoms with Gasteiger partial charge < -0.3 is 9.13 Å². The van der Waals surface area contributed by atoms with Crippen LogP contribution in [-0.2, 0) is 10.8 Å². The molecule has 28 rings (SSSR count). The molecule has 0 radical (unpaired) electrons. The molecule has 2 aliphatic carbocycles. The second-order valence-electron chi connectivity index (χ2n) is 39.3. The fourth-order valence-electron chi connectivity index (χ4n) is 23.1. The summed E-state index contributed by atoms with van der Waals surface area (Å²) in [6.45, 7) is 9.47. The molecule has 668 valence electrons. The van der Waals surface area contributed by atoms with Crippen molar-refractivity contribution in [2.75, 3.05) is 0 Å². The summed E-state index contributed by atoms with van der Waals surface area (Å²) in [6, 6.07) is 185. The average molecular weight is 1840 g/mol. The Balaban J connectivity index is 0.000000142. The number of hydrogen-bond donors (Lipinski definition) is 0. The monoisotopic (exact) mass is 1840 g/mol. The molecule has 0 spiro atoms. The highest BCUT2D eigenvalue weighted by Gasteiger charge is 2.38. The number of nitrogens with zero attached hydrogens (tertiary/aromatic N) is 2. The molecular formula is C138H94N2S2. The largest absolute Gasteiger partial charge is 0.309 e. The van der Waals surface area contributed by atoms with Gasteiger partial charge in [-0.05, 0) is 330 Å². The van der Waals surface area contributed by atoms with Gasteiger partial charge in [-0.2, -0.15) is 0 Å². The molecule has 0 N–H and O–H groups in total. The van der Waals surface area contributed by atoms with Gasteiger partial charge in [0.2, 0.25) is 0 Å². The maximum Gasteiger partial charge on any atom is 0.0541 e. The van der Waals surface area contributed by atoms with Gasteiger partial charge in [-0.1, -0.05) is 373 Å². The van der Waals surface area contributed by atoms with Crippen molar-refractivity contribution in [3.8, 4) is 167 Å². The van der Waals surface area contributed by atoms with Crippen LogP contribution in [0.1, 0.15) is 49.9 Å². The molecule has 4 heteroatoms. The van der Waals surface area contributed by atoms with Crippen LogP contribution in [0.3, 0.4) is 0 Å². The molecule has 142 heavy (non-hydrogen) atoms. The fraction of sp³-hybridized carbons (Fsp3) is 0.0435. The van der Waals surface area contributed by atoms with Crippen molar-refractivity contribution < 1.29 is 0 Å². The van der Waals surface area contributed by atoms with Crippen LogP contribution in [0.5, 0.6) is 0 Å². The number of thiophene rings is 2. The van der Waals surface area contributed by atoms with E-state index < -0.39 is 0 Å². The van der Waals surface area contributed by atoms with E-state index in [-0.39, 0.29) is 10.8 Å². The number of para-hydroxylation sites is 2. The van der Waals surface area contributed by atoms with Crippen LogP contribution in [0.25, 0.3) is 251 Å². The molecule has 0 aliphatic heterocycles. The van der Waals surface area contributed by atoms with E-state index in [1.54, 1.807) is 0 Å². The summed E-state index contributed by atoms with van der Waals surface area (Å²) in [7, 11) is 0. The van der Waals surface area contributed by atoms with E-state index in [9.17, 15) is 0 Å². The summed E-state index contributed by atoms with van der Waals surface area (Å²) >= 11 is 3.81. The fourth-order valence-corrected chi connectivity index (χ4v) is 25.6. The van der Waals surface area contributed by atoms with Crippen LogP contribution in [0.15, 0.2) is 497 Å². The van der Waals surface area contributed by atoms with Crippen LogP contribution < -0.4 is 0 Å². The zero-order chi connectivity index (χ0) is 94.4. The lowest BCUT2D eigenvalue weighted by Gasteiger charge is -2.22. The average Bonchev–Trinajstić information content (AvgIpc) is 1.57. The minimum Gasteiger partial charge on any atom is -0.309 e. The molecule has 26 aromatic rings. The van der Waals surface area contributed by atoms with E-state index >= 15 is 0 Å². The van der Waals surface area contributed by atoms with E-state index in [0.29, 0.717) is 0 Å². The van der Waals surface area contributed by atoms with Gasteiger partial charge in [0.05, 0.1) is 22.1 Å². The first-order valence-electron chi connectivity index (χ1n) is 49.3. The van der Waals surface area contributed by atoms with Gasteiger partial charge in [-0.3, -0.25) is 0 Å². The molecule has 0 saturated carbocycles. The topological polar surface area (TPSA) is 9.86 Å². The molecule has 4 aromatic heterocycles. The molecule has 0 bridgehead atoms. The van der Waals surface area contributed by atoms with Gasteiger partial charge in [0.1, 0.15) is 0 Å². The molecule has 4 heterocycles. The van der Waals surface area contributed by atoms with Crippen molar-refractivity contribution in [1.29, 1.82) is 0 Å². The predicted molar refractivity (Wildman–Crippen MR) is 608 cm³/mol. The number of hydrogen-bond acceptors (Lipinski definition) is 2. The van der Waals surface area contributed by atoms with E-state index in [1.807, 2.05) is 22.7 Å². The lowest BCUT2D eigenvalue weighted by molar-refractivity contribution is 0.660. The first-order valence-corrected chi connectivity index (χ1v) is 50.9. The molecule has 0 atom stereocenters. The van der Waals surface area contributed by atoms with Crippen molar-refractivity contribution in [1.82, 2.24) is 9.13 Å². The summed E-state index contributed by atoms with van der Waals surface area (Å²) in [6.07, 6.45) is 0. The zero-order valence-electron chi connectivity index (χ0n) is 79.1. The highest BCUT2D eigenvalue weighted by Crippen LogP contribution is 2.55. The standard InChI is InChI=1S/2C69H47NS/c1-69(2)63-27-13-12-24-57(63)58-32-28-51(43-64(58)69)56-25-15-26-59-62-42-50(31-35-67(62)71-68(56)59)54-38-52(47-21-14-20-46(36-47)44-16-6-3-7-17-44)37-53(39-54)49-30-34-66-61(41-49)60-40-48(45-18-8-4-9-19-45)29-33-65(60)70(66)55-22-10-5-11-23-55;1-69(2)63-24-13-12-21-57(63)58-33-29-51(43-64(58)69)56-22-14-23-59-62-42-50(32-36-67(62)71-68(56)59)54-38-52(47-27-25-46(26-28-47)44-15-6-3-7-16-44)37-53(39-54)49-31-35-66-61(41-49)60-40-48(45-17-8-4-9-18-45)30-34-65(60)70(66)55-19-10-5-11-20-55/h2*3-43H,1-2H3. The lowest BCUT2D eigenvalue weighted by Crippen LogP contribution is -2.14. The van der Waals surface area contributed by atoms with Crippen molar-refractivity contribution in [3.05, 3.63) is 520 Å². The highest BCUT2D eigenvalue weighted by molar-refractivity contribution is 7.26. The molecule has 0 unspecified atom stereocenters. The first-order chi connectivity index (χ1) is 69.8. The molecule has 2 nitrogen and oxygen atoms in total. The van der Waals surface area contributed by atoms with Crippen molar-refractivity contribution in [3.63, 3.8) is 0 Å². The summed E-state index contributed by atoms with van der Waals surface area (Å²) < 4.78 is 10.1. The predicted octanol–water partition coefficient (Wildman–Crippen LogP) is 38.9. The molecule has 0 saturated heterocycles. The number of rotatable bonds is 14. The molecule has 2 aliphatic rings. The second kappa shape index (κ2) is 33.9. The zero-order valence-corrected chi connectivity index (χ0v) is 80.7. The maximum atomic E-state index is 2.46. The smallest absolute Gasteiger partial charge is 0.0541 e. The van der Waals surface area contributed by atoms with Gasteiger partial charge in [-0.25, -0.2) is 0 Å². The Bertz CT molecular complexity index is 9550. The molecule has 0 amide bonds. The van der Waals surface area contributed by atoms with Gasteiger partial charge in [0.25, 0.3) is 0 Å². The third kappa shape index (κ3) is 14.3. The van der Waals surface area contributed by atoms with E-state index in [1.165, 1.54) is 262 Å². The summed E-state index contributed by atoms with van der Waals surface area (Å²) in [5, 5.41) is 10.1. The van der Waals surface area contributed by atoms with Gasteiger partial charge in [0, 0.05) is 84.1 Å². The van der Waals surface area contributed by atoms with Crippen LogP contribution in [0.4, 0.5) is 0 Å². The minimum absolute atomic E-state index is 0.0546. The Morgan fingerprint density at radius 1 is 0.148 bits per heavy atom. The second-order valence-corrected chi connectivity index (χ2v) is 41.4. The van der Waals surface area contributed by atoms with Crippen LogP contribution in [0, 0.1) is 0 Å². The minimum atomic E-state index is -0.0557. The van der Waals surface area contributed by atoms with E-state index in [0.717, 1.165) is 11.4 Å². The van der Waals surface area contributed by atoms with Gasteiger partial charge in [0.15, 0.2) is 0 Å². The maximum absolute atomic E-state index is 2.46. The van der Waals surface area contributed by atoms with Crippen LogP contribution >= 0.6 is 22.7 Å². The van der Waals surface area contributed by atoms with Crippen molar-refractivity contribution in [2.24, 2.45) is 0 Å². The number of fused-ring (bicyclic) bond motifs is 18. The number of aromatic nitrogens is 2. The summed E-state index contributed by atoms with van der Waals surface area (Å²) in [5.41, 5.74) is 47.1. The number of benzene rings is 22. The van der Waals surface area contributed by atoms with Crippen molar-refractivity contribution >= 4 is 107 Å². The Morgan fingerprint density at radius 2 is 0.380 bits per heavy atom. The quantitative estimate of drug-likeness (QED) is 0.103. The molecule has 0 fully saturated rings. The third-order valence-electron chi connectivity index (χ3n) is 30.4. The van der Waals surface area contributed by atoms with Gasteiger partial charge in [-0.15, -0.1) is 22.7 Å². The van der Waals surface area contributed by atoms with Crippen LogP contribution in [-0.4, -0.2) is 9.13 Å².